The standard InChI is InChI=1S/C10H9FN4O3S/c1-6-12-9(11)15-10(13-6)14-7-4-2-3-5-8(7)19(16,17)18/h2-5H,1H3,(H,16,17,18)(H,12,13,14,15). The lowest BCUT2D eigenvalue weighted by Crippen LogP contribution is -2.07. The molecule has 0 unspecified atom stereocenters. The molecule has 9 heteroatoms. The second-order valence-corrected chi connectivity index (χ2v) is 4.96. The molecule has 0 spiro atoms. The van der Waals surface area contributed by atoms with Crippen LogP contribution < -0.4 is 5.32 Å². The van der Waals surface area contributed by atoms with E-state index in [0.29, 0.717) is 0 Å². The molecule has 100 valence electrons. The summed E-state index contributed by atoms with van der Waals surface area (Å²) in [7, 11) is -4.40. The quantitative estimate of drug-likeness (QED) is 0.818. The van der Waals surface area contributed by atoms with E-state index in [1.54, 1.807) is 6.07 Å². The molecule has 0 aliphatic heterocycles. The van der Waals surface area contributed by atoms with E-state index < -0.39 is 16.2 Å². The number of hydrogen-bond donors (Lipinski definition) is 2. The first-order valence-electron chi connectivity index (χ1n) is 5.08. The van der Waals surface area contributed by atoms with Crippen molar-refractivity contribution in [1.29, 1.82) is 0 Å². The van der Waals surface area contributed by atoms with Crippen molar-refractivity contribution in [3.05, 3.63) is 36.2 Å². The average Bonchev–Trinajstić information content (AvgIpc) is 2.26. The van der Waals surface area contributed by atoms with Gasteiger partial charge >= 0.3 is 6.08 Å². The van der Waals surface area contributed by atoms with Crippen LogP contribution in [0, 0.1) is 13.0 Å². The first kappa shape index (κ1) is 13.3. The van der Waals surface area contributed by atoms with Crippen LogP contribution in [0.4, 0.5) is 16.0 Å². The second kappa shape index (κ2) is 4.86. The fraction of sp³-hybridized carbons (Fsp3) is 0.100. The predicted octanol–water partition coefficient (Wildman–Crippen LogP) is 1.31. The van der Waals surface area contributed by atoms with Crippen LogP contribution in [0.3, 0.4) is 0 Å². The molecular formula is C10H9FN4O3S. The van der Waals surface area contributed by atoms with Crippen molar-refractivity contribution in [3.8, 4) is 0 Å². The van der Waals surface area contributed by atoms with Crippen molar-refractivity contribution in [3.63, 3.8) is 0 Å². The van der Waals surface area contributed by atoms with Gasteiger partial charge in [0.1, 0.15) is 10.7 Å². The van der Waals surface area contributed by atoms with E-state index in [-0.39, 0.29) is 22.4 Å². The first-order chi connectivity index (χ1) is 8.86. The molecule has 0 bridgehead atoms. The Morgan fingerprint density at radius 2 is 1.89 bits per heavy atom. The molecule has 0 atom stereocenters. The van der Waals surface area contributed by atoms with Gasteiger partial charge in [-0.3, -0.25) is 4.55 Å². The number of nitrogens with zero attached hydrogens (tertiary/aromatic N) is 3. The predicted molar refractivity (Wildman–Crippen MR) is 64.1 cm³/mol. The first-order valence-corrected chi connectivity index (χ1v) is 6.52. The minimum atomic E-state index is -4.40. The number of halogens is 1. The Morgan fingerprint density at radius 1 is 1.21 bits per heavy atom. The van der Waals surface area contributed by atoms with Gasteiger partial charge in [0.15, 0.2) is 0 Å². The van der Waals surface area contributed by atoms with Gasteiger partial charge < -0.3 is 5.32 Å². The van der Waals surface area contributed by atoms with E-state index in [1.165, 1.54) is 25.1 Å². The molecule has 0 saturated carbocycles. The summed E-state index contributed by atoms with van der Waals surface area (Å²) in [5, 5.41) is 2.52. The largest absolute Gasteiger partial charge is 0.323 e. The fourth-order valence-electron chi connectivity index (χ4n) is 1.42. The third-order valence-electron chi connectivity index (χ3n) is 2.13. The van der Waals surface area contributed by atoms with Gasteiger partial charge in [-0.2, -0.15) is 27.8 Å². The molecule has 1 aromatic heterocycles. The molecule has 1 aromatic carbocycles. The van der Waals surface area contributed by atoms with Gasteiger partial charge in [0.25, 0.3) is 10.1 Å². The van der Waals surface area contributed by atoms with Crippen LogP contribution in [0.2, 0.25) is 0 Å². The minimum absolute atomic E-state index is 0.0370. The lowest BCUT2D eigenvalue weighted by atomic mass is 10.3. The topological polar surface area (TPSA) is 105 Å². The van der Waals surface area contributed by atoms with Crippen LogP contribution in [0.1, 0.15) is 5.82 Å². The Hall–Kier alpha value is -2.13. The van der Waals surface area contributed by atoms with Crippen LogP contribution in [-0.2, 0) is 10.1 Å². The molecule has 2 N–H and O–H groups in total. The molecule has 2 aromatic rings. The summed E-state index contributed by atoms with van der Waals surface area (Å²) in [6, 6.07) is 5.57. The third kappa shape index (κ3) is 3.20. The highest BCUT2D eigenvalue weighted by Gasteiger charge is 2.15. The summed E-state index contributed by atoms with van der Waals surface area (Å²) in [5.74, 6) is -0.0135. The lowest BCUT2D eigenvalue weighted by Gasteiger charge is -2.08. The van der Waals surface area contributed by atoms with Crippen molar-refractivity contribution in [2.45, 2.75) is 11.8 Å². The van der Waals surface area contributed by atoms with Crippen LogP contribution in [0.5, 0.6) is 0 Å². The van der Waals surface area contributed by atoms with Crippen LogP contribution in [-0.4, -0.2) is 27.9 Å². The number of aromatic nitrogens is 3. The Kier molecular flexibility index (Phi) is 3.40. The van der Waals surface area contributed by atoms with Gasteiger partial charge in [-0.1, -0.05) is 12.1 Å². The Labute approximate surface area is 108 Å². The average molecular weight is 284 g/mol. The maximum atomic E-state index is 13.0. The zero-order chi connectivity index (χ0) is 14.0. The van der Waals surface area contributed by atoms with Crippen LogP contribution in [0.15, 0.2) is 29.2 Å². The molecule has 7 nitrogen and oxygen atoms in total. The number of nitrogens with one attached hydrogen (secondary N) is 1. The second-order valence-electron chi connectivity index (χ2n) is 3.57. The van der Waals surface area contributed by atoms with E-state index in [1.807, 2.05) is 0 Å². The smallest absolute Gasteiger partial charge is 0.313 e. The highest BCUT2D eigenvalue weighted by molar-refractivity contribution is 7.86. The number of para-hydroxylation sites is 1. The molecule has 0 aliphatic carbocycles. The zero-order valence-corrected chi connectivity index (χ0v) is 10.5. The van der Waals surface area contributed by atoms with Crippen molar-refractivity contribution in [2.75, 3.05) is 5.32 Å². The number of rotatable bonds is 3. The van der Waals surface area contributed by atoms with E-state index in [0.717, 1.165) is 0 Å². The minimum Gasteiger partial charge on any atom is -0.323 e. The summed E-state index contributed by atoms with van der Waals surface area (Å²) in [4.78, 5) is 10.2. The van der Waals surface area contributed by atoms with Gasteiger partial charge in [0, 0.05) is 0 Å². The van der Waals surface area contributed by atoms with Gasteiger partial charge in [0.2, 0.25) is 5.95 Å². The SMILES string of the molecule is Cc1nc(F)nc(Nc2ccccc2S(=O)(=O)O)n1. The molecule has 1 heterocycles. The van der Waals surface area contributed by atoms with Crippen molar-refractivity contribution in [1.82, 2.24) is 15.0 Å². The molecule has 0 radical (unpaired) electrons. The molecule has 19 heavy (non-hydrogen) atoms. The van der Waals surface area contributed by atoms with E-state index in [4.69, 9.17) is 4.55 Å². The number of hydrogen-bond acceptors (Lipinski definition) is 6. The van der Waals surface area contributed by atoms with Gasteiger partial charge in [-0.25, -0.2) is 0 Å². The van der Waals surface area contributed by atoms with Crippen molar-refractivity contribution in [2.24, 2.45) is 0 Å². The van der Waals surface area contributed by atoms with Crippen LogP contribution in [0.25, 0.3) is 0 Å². The van der Waals surface area contributed by atoms with Crippen molar-refractivity contribution < 1.29 is 17.4 Å². The maximum absolute atomic E-state index is 13.0. The summed E-state index contributed by atoms with van der Waals surface area (Å²) in [5.41, 5.74) is 0.0370. The number of aryl methyl sites for hydroxylation is 1. The Bertz CT molecular complexity index is 700. The van der Waals surface area contributed by atoms with E-state index in [9.17, 15) is 12.8 Å². The molecule has 0 amide bonds. The molecular weight excluding hydrogens is 275 g/mol. The monoisotopic (exact) mass is 284 g/mol. The molecule has 2 rings (SSSR count). The highest BCUT2D eigenvalue weighted by Crippen LogP contribution is 2.22. The molecule has 0 saturated heterocycles. The summed E-state index contributed by atoms with van der Waals surface area (Å²) >= 11 is 0. The van der Waals surface area contributed by atoms with Gasteiger partial charge in [-0.05, 0) is 19.1 Å². The summed E-state index contributed by atoms with van der Waals surface area (Å²) in [6.07, 6.45) is -0.987. The maximum Gasteiger partial charge on any atom is 0.313 e. The summed E-state index contributed by atoms with van der Waals surface area (Å²) < 4.78 is 44.4. The van der Waals surface area contributed by atoms with Crippen molar-refractivity contribution >= 4 is 21.8 Å². The van der Waals surface area contributed by atoms with Crippen LogP contribution >= 0.6 is 0 Å². The molecule has 0 aliphatic rings. The Balaban J connectivity index is 2.44. The van der Waals surface area contributed by atoms with Gasteiger partial charge in [0.05, 0.1) is 5.69 Å². The number of benzene rings is 1. The normalized spacial score (nSPS) is 11.3. The molecule has 0 fully saturated rings. The van der Waals surface area contributed by atoms with E-state index >= 15 is 0 Å². The highest BCUT2D eigenvalue weighted by atomic mass is 32.2. The number of anilines is 2. The van der Waals surface area contributed by atoms with Gasteiger partial charge in [-0.15, -0.1) is 0 Å². The fourth-order valence-corrected chi connectivity index (χ4v) is 2.07. The zero-order valence-electron chi connectivity index (χ0n) is 9.70. The van der Waals surface area contributed by atoms with E-state index in [2.05, 4.69) is 20.3 Å². The third-order valence-corrected chi connectivity index (χ3v) is 3.04. The lowest BCUT2D eigenvalue weighted by molar-refractivity contribution is 0.483. The Morgan fingerprint density at radius 3 is 2.53 bits per heavy atom. The summed E-state index contributed by atoms with van der Waals surface area (Å²) in [6.45, 7) is 1.46.